The maximum Gasteiger partial charge on any atom is 0.105 e. The number of aliphatic hydroxyl groups is 3. The molecular weight excluding hydrogens is 412 g/mol. The molecule has 7 unspecified atom stereocenters. The molecule has 0 saturated carbocycles. The van der Waals surface area contributed by atoms with Crippen LogP contribution in [-0.2, 0) is 18.9 Å². The highest BCUT2D eigenvalue weighted by atomic mass is 16.6. The zero-order valence-electron chi connectivity index (χ0n) is 21.8. The van der Waals surface area contributed by atoms with Crippen molar-refractivity contribution in [1.29, 1.82) is 0 Å². The second-order valence-corrected chi connectivity index (χ2v) is 8.08. The summed E-state index contributed by atoms with van der Waals surface area (Å²) in [5, 5.41) is 24.5. The van der Waals surface area contributed by atoms with Crippen LogP contribution in [0.3, 0.4) is 0 Å². The number of allylic oxidation sites excluding steroid dienone is 2. The Labute approximate surface area is 196 Å². The average Bonchev–Trinajstić information content (AvgIpc) is 2.84. The van der Waals surface area contributed by atoms with Crippen LogP contribution >= 0.6 is 0 Å². The lowest BCUT2D eigenvalue weighted by molar-refractivity contribution is -0.129. The van der Waals surface area contributed by atoms with Gasteiger partial charge in [-0.2, -0.15) is 0 Å². The monoisotopic (exact) mass is 462 g/mol. The molecule has 1 rings (SSSR count). The van der Waals surface area contributed by atoms with Crippen LogP contribution in [0.4, 0.5) is 0 Å². The molecule has 0 bridgehead atoms. The molecule has 0 radical (unpaired) electrons. The fraction of sp³-hybridized carbons (Fsp3) is 0.840. The van der Waals surface area contributed by atoms with E-state index < -0.39 is 0 Å². The molecule has 0 aromatic carbocycles. The minimum absolute atomic E-state index is 0.000136. The third-order valence-corrected chi connectivity index (χ3v) is 6.02. The molecule has 0 amide bonds. The van der Waals surface area contributed by atoms with Gasteiger partial charge in [0.15, 0.2) is 0 Å². The van der Waals surface area contributed by atoms with Gasteiger partial charge in [-0.15, -0.1) is 0 Å². The van der Waals surface area contributed by atoms with E-state index in [0.717, 1.165) is 45.5 Å². The molecule has 1 fully saturated rings. The van der Waals surface area contributed by atoms with E-state index >= 15 is 0 Å². The molecule has 0 aromatic rings. The Bertz CT molecular complexity index is 477. The van der Waals surface area contributed by atoms with Crippen molar-refractivity contribution in [3.8, 4) is 0 Å². The van der Waals surface area contributed by atoms with Gasteiger partial charge in [0.2, 0.25) is 0 Å². The molecule has 1 heterocycles. The molecule has 32 heavy (non-hydrogen) atoms. The predicted molar refractivity (Wildman–Crippen MR) is 130 cm³/mol. The SMILES string of the molecule is CCC(OC)C(C)CCC(O)C(C)/C=C/C=C(\C)C1OCC(OC)CC1OC.CO.CO. The Hall–Kier alpha value is -0.800. The second-order valence-electron chi connectivity index (χ2n) is 8.08. The molecule has 1 aliphatic heterocycles. The van der Waals surface area contributed by atoms with Gasteiger partial charge in [0, 0.05) is 47.9 Å². The van der Waals surface area contributed by atoms with Crippen LogP contribution < -0.4 is 0 Å². The van der Waals surface area contributed by atoms with Crippen LogP contribution in [-0.4, -0.2) is 88.0 Å². The summed E-state index contributed by atoms with van der Waals surface area (Å²) in [6.45, 7) is 9.04. The minimum atomic E-state index is -0.345. The molecule has 0 aliphatic carbocycles. The second kappa shape index (κ2) is 20.8. The molecule has 7 atom stereocenters. The largest absolute Gasteiger partial charge is 0.400 e. The molecule has 7 heteroatoms. The van der Waals surface area contributed by atoms with Crippen molar-refractivity contribution in [2.75, 3.05) is 42.2 Å². The molecule has 1 saturated heterocycles. The highest BCUT2D eigenvalue weighted by molar-refractivity contribution is 5.17. The first kappa shape index (κ1) is 33.4. The van der Waals surface area contributed by atoms with Crippen LogP contribution in [0.5, 0.6) is 0 Å². The number of methoxy groups -OCH3 is 3. The Balaban J connectivity index is 0. The van der Waals surface area contributed by atoms with Crippen LogP contribution in [0.1, 0.15) is 53.4 Å². The molecule has 0 spiro atoms. The van der Waals surface area contributed by atoms with E-state index in [1.165, 1.54) is 0 Å². The molecule has 7 nitrogen and oxygen atoms in total. The van der Waals surface area contributed by atoms with Gasteiger partial charge in [0.1, 0.15) is 6.10 Å². The van der Waals surface area contributed by atoms with E-state index in [2.05, 4.69) is 39.8 Å². The lowest BCUT2D eigenvalue weighted by Crippen LogP contribution is -2.43. The van der Waals surface area contributed by atoms with E-state index in [4.69, 9.17) is 29.2 Å². The molecular formula is C25H50O7. The summed E-state index contributed by atoms with van der Waals surface area (Å²) in [5.74, 6) is 0.551. The summed E-state index contributed by atoms with van der Waals surface area (Å²) in [4.78, 5) is 0. The Morgan fingerprint density at radius 3 is 2.19 bits per heavy atom. The molecule has 1 aliphatic rings. The maximum absolute atomic E-state index is 10.5. The molecule has 0 aromatic heterocycles. The smallest absolute Gasteiger partial charge is 0.105 e. The number of ether oxygens (including phenoxy) is 4. The first-order chi connectivity index (χ1) is 15.4. The van der Waals surface area contributed by atoms with E-state index in [-0.39, 0.29) is 36.4 Å². The number of rotatable bonds is 12. The Kier molecular flexibility index (Phi) is 21.7. The Morgan fingerprint density at radius 2 is 1.69 bits per heavy atom. The lowest BCUT2D eigenvalue weighted by Gasteiger charge is -2.35. The van der Waals surface area contributed by atoms with Crippen molar-refractivity contribution in [3.63, 3.8) is 0 Å². The van der Waals surface area contributed by atoms with Gasteiger partial charge >= 0.3 is 0 Å². The number of hydrogen-bond donors (Lipinski definition) is 3. The van der Waals surface area contributed by atoms with Crippen molar-refractivity contribution in [2.24, 2.45) is 11.8 Å². The molecule has 192 valence electrons. The van der Waals surface area contributed by atoms with Gasteiger partial charge in [0.05, 0.1) is 31.0 Å². The van der Waals surface area contributed by atoms with Crippen molar-refractivity contribution >= 4 is 0 Å². The Morgan fingerprint density at radius 1 is 1.06 bits per heavy atom. The van der Waals surface area contributed by atoms with E-state index in [1.807, 2.05) is 6.08 Å². The van der Waals surface area contributed by atoms with Crippen LogP contribution in [0.2, 0.25) is 0 Å². The summed E-state index contributed by atoms with van der Waals surface area (Å²) in [6, 6.07) is 0. The lowest BCUT2D eigenvalue weighted by atomic mass is 9.91. The van der Waals surface area contributed by atoms with Gasteiger partial charge in [0.25, 0.3) is 0 Å². The van der Waals surface area contributed by atoms with Crippen LogP contribution in [0, 0.1) is 11.8 Å². The van der Waals surface area contributed by atoms with Crippen LogP contribution in [0.15, 0.2) is 23.8 Å². The van der Waals surface area contributed by atoms with Crippen molar-refractivity contribution in [1.82, 2.24) is 0 Å². The first-order valence-electron chi connectivity index (χ1n) is 11.5. The third-order valence-electron chi connectivity index (χ3n) is 6.02. The summed E-state index contributed by atoms with van der Waals surface area (Å²) in [6.07, 6.45) is 9.70. The summed E-state index contributed by atoms with van der Waals surface area (Å²) in [7, 11) is 7.19. The highest BCUT2D eigenvalue weighted by Gasteiger charge is 2.32. The van der Waals surface area contributed by atoms with Gasteiger partial charge in [-0.25, -0.2) is 0 Å². The first-order valence-corrected chi connectivity index (χ1v) is 11.5. The van der Waals surface area contributed by atoms with Crippen molar-refractivity contribution in [2.45, 2.75) is 83.9 Å². The fourth-order valence-electron chi connectivity index (χ4n) is 3.87. The van der Waals surface area contributed by atoms with Crippen molar-refractivity contribution in [3.05, 3.63) is 23.8 Å². The van der Waals surface area contributed by atoms with Gasteiger partial charge in [-0.1, -0.05) is 39.0 Å². The normalized spacial score (nSPS) is 25.1. The average molecular weight is 463 g/mol. The van der Waals surface area contributed by atoms with E-state index in [0.29, 0.717) is 12.5 Å². The quantitative estimate of drug-likeness (QED) is 0.383. The van der Waals surface area contributed by atoms with Gasteiger partial charge in [-0.3, -0.25) is 0 Å². The summed E-state index contributed by atoms with van der Waals surface area (Å²) >= 11 is 0. The zero-order chi connectivity index (χ0) is 25.1. The van der Waals surface area contributed by atoms with Gasteiger partial charge < -0.3 is 34.3 Å². The predicted octanol–water partition coefficient (Wildman–Crippen LogP) is 3.36. The zero-order valence-corrected chi connectivity index (χ0v) is 21.8. The standard InChI is InChI=1S/C23H42O5.2CH4O/c1-8-21(26-6)17(3)12-13-20(24)16(2)10-9-11-18(4)23-22(27-7)14-19(25-5)15-28-23;2*1-2/h9-11,16-17,19-24H,8,12-15H2,1-7H3;2*2H,1H3/b10-9+,18-11+;;. The van der Waals surface area contributed by atoms with Crippen molar-refractivity contribution < 1.29 is 34.3 Å². The summed E-state index contributed by atoms with van der Waals surface area (Å²) < 4.78 is 22.4. The third kappa shape index (κ3) is 12.4. The van der Waals surface area contributed by atoms with E-state index in [9.17, 15) is 5.11 Å². The number of hydrogen-bond acceptors (Lipinski definition) is 7. The van der Waals surface area contributed by atoms with Crippen LogP contribution in [0.25, 0.3) is 0 Å². The minimum Gasteiger partial charge on any atom is -0.400 e. The highest BCUT2D eigenvalue weighted by Crippen LogP contribution is 2.25. The fourth-order valence-corrected chi connectivity index (χ4v) is 3.87. The topological polar surface area (TPSA) is 97.6 Å². The van der Waals surface area contributed by atoms with Gasteiger partial charge in [-0.05, 0) is 37.7 Å². The number of aliphatic hydroxyl groups excluding tert-OH is 3. The molecule has 3 N–H and O–H groups in total. The van der Waals surface area contributed by atoms with E-state index in [1.54, 1.807) is 21.3 Å². The maximum atomic E-state index is 10.5. The summed E-state index contributed by atoms with van der Waals surface area (Å²) in [5.41, 5.74) is 1.12.